The van der Waals surface area contributed by atoms with Gasteiger partial charge in [-0.1, -0.05) is 6.92 Å². The van der Waals surface area contributed by atoms with Gasteiger partial charge in [0.2, 0.25) is 0 Å². The fourth-order valence-electron chi connectivity index (χ4n) is 3.23. The van der Waals surface area contributed by atoms with Crippen LogP contribution in [0.25, 0.3) is 0 Å². The van der Waals surface area contributed by atoms with Crippen LogP contribution >= 0.6 is 0 Å². The molecule has 1 N–H and O–H groups in total. The van der Waals surface area contributed by atoms with E-state index in [0.29, 0.717) is 5.92 Å². The van der Waals surface area contributed by atoms with E-state index in [0.717, 1.165) is 44.9 Å². The van der Waals surface area contributed by atoms with Crippen LogP contribution in [-0.4, -0.2) is 43.1 Å². The maximum atomic E-state index is 5.29. The van der Waals surface area contributed by atoms with Crippen molar-refractivity contribution in [2.45, 2.75) is 39.7 Å². The molecule has 0 bridgehead atoms. The summed E-state index contributed by atoms with van der Waals surface area (Å²) in [4.78, 5) is 2.50. The SMILES string of the molecule is CCCNCc1c(C)nn(C)c1N1CCC(COC)CC1. The van der Waals surface area contributed by atoms with Crippen LogP contribution in [0.4, 0.5) is 5.82 Å². The molecule has 5 heteroatoms. The predicted molar refractivity (Wildman–Crippen MR) is 86.8 cm³/mol. The maximum Gasteiger partial charge on any atom is 0.131 e. The smallest absolute Gasteiger partial charge is 0.131 e. The third-order valence-corrected chi connectivity index (χ3v) is 4.36. The van der Waals surface area contributed by atoms with Gasteiger partial charge in [-0.3, -0.25) is 4.68 Å². The van der Waals surface area contributed by atoms with Crippen molar-refractivity contribution in [2.75, 3.05) is 38.3 Å². The second kappa shape index (κ2) is 7.80. The Morgan fingerprint density at radius 2 is 2.05 bits per heavy atom. The topological polar surface area (TPSA) is 42.3 Å². The van der Waals surface area contributed by atoms with Gasteiger partial charge in [-0.05, 0) is 38.6 Å². The molecule has 120 valence electrons. The molecule has 0 aliphatic carbocycles. The third kappa shape index (κ3) is 3.98. The number of rotatable bonds is 7. The molecule has 1 aliphatic heterocycles. The summed E-state index contributed by atoms with van der Waals surface area (Å²) in [6.07, 6.45) is 3.58. The van der Waals surface area contributed by atoms with E-state index >= 15 is 0 Å². The van der Waals surface area contributed by atoms with Crippen LogP contribution in [0.3, 0.4) is 0 Å². The lowest BCUT2D eigenvalue weighted by molar-refractivity contribution is 0.139. The molecule has 0 spiro atoms. The first kappa shape index (κ1) is 16.3. The van der Waals surface area contributed by atoms with Crippen LogP contribution in [0, 0.1) is 12.8 Å². The van der Waals surface area contributed by atoms with Gasteiger partial charge < -0.3 is 15.0 Å². The van der Waals surface area contributed by atoms with E-state index in [1.54, 1.807) is 7.11 Å². The van der Waals surface area contributed by atoms with E-state index in [1.807, 2.05) is 0 Å². The van der Waals surface area contributed by atoms with Crippen molar-refractivity contribution < 1.29 is 4.74 Å². The number of methoxy groups -OCH3 is 1. The van der Waals surface area contributed by atoms with Crippen LogP contribution in [0.5, 0.6) is 0 Å². The molecule has 0 amide bonds. The van der Waals surface area contributed by atoms with Crippen molar-refractivity contribution in [3.8, 4) is 0 Å². The molecular weight excluding hydrogens is 264 g/mol. The highest BCUT2D eigenvalue weighted by Crippen LogP contribution is 2.28. The minimum atomic E-state index is 0.710. The molecule has 0 aromatic carbocycles. The first-order valence-electron chi connectivity index (χ1n) is 8.14. The van der Waals surface area contributed by atoms with Crippen LogP contribution in [-0.2, 0) is 18.3 Å². The molecule has 2 heterocycles. The standard InChI is InChI=1S/C16H30N4O/c1-5-8-17-11-15-13(2)18-19(3)16(15)20-9-6-14(7-10-20)12-21-4/h14,17H,5-12H2,1-4H3. The van der Waals surface area contributed by atoms with Crippen LogP contribution < -0.4 is 10.2 Å². The summed E-state index contributed by atoms with van der Waals surface area (Å²) in [6.45, 7) is 9.39. The summed E-state index contributed by atoms with van der Waals surface area (Å²) in [6, 6.07) is 0. The Bertz CT molecular complexity index is 436. The second-order valence-corrected chi connectivity index (χ2v) is 6.07. The summed E-state index contributed by atoms with van der Waals surface area (Å²) in [5, 5.41) is 8.14. The van der Waals surface area contributed by atoms with Crippen molar-refractivity contribution in [1.29, 1.82) is 0 Å². The van der Waals surface area contributed by atoms with Crippen molar-refractivity contribution >= 4 is 5.82 Å². The van der Waals surface area contributed by atoms with Crippen LogP contribution in [0.1, 0.15) is 37.4 Å². The molecule has 21 heavy (non-hydrogen) atoms. The second-order valence-electron chi connectivity index (χ2n) is 6.07. The number of aryl methyl sites for hydroxylation is 2. The number of nitrogens with one attached hydrogen (secondary N) is 1. The molecule has 5 nitrogen and oxygen atoms in total. The van der Waals surface area contributed by atoms with Crippen molar-refractivity contribution in [2.24, 2.45) is 13.0 Å². The summed E-state index contributed by atoms with van der Waals surface area (Å²) < 4.78 is 7.34. The normalized spacial score (nSPS) is 16.7. The average Bonchev–Trinajstić information content (AvgIpc) is 2.75. The van der Waals surface area contributed by atoms with Gasteiger partial charge in [0.15, 0.2) is 0 Å². The zero-order valence-electron chi connectivity index (χ0n) is 14.0. The first-order valence-corrected chi connectivity index (χ1v) is 8.14. The molecule has 2 rings (SSSR count). The lowest BCUT2D eigenvalue weighted by Gasteiger charge is -2.33. The summed E-state index contributed by atoms with van der Waals surface area (Å²) in [5.41, 5.74) is 2.51. The molecule has 0 atom stereocenters. The zero-order valence-corrected chi connectivity index (χ0v) is 14.0. The number of ether oxygens (including phenoxy) is 1. The monoisotopic (exact) mass is 294 g/mol. The molecule has 1 aliphatic rings. The Balaban J connectivity index is 2.05. The van der Waals surface area contributed by atoms with Gasteiger partial charge in [0.05, 0.1) is 5.69 Å². The number of hydrogen-bond donors (Lipinski definition) is 1. The number of anilines is 1. The molecule has 0 saturated carbocycles. The van der Waals surface area contributed by atoms with E-state index in [4.69, 9.17) is 4.74 Å². The maximum absolute atomic E-state index is 5.29. The van der Waals surface area contributed by atoms with Gasteiger partial charge in [0.25, 0.3) is 0 Å². The lowest BCUT2D eigenvalue weighted by Crippen LogP contribution is -2.37. The molecule has 0 radical (unpaired) electrons. The molecule has 1 aromatic heterocycles. The fraction of sp³-hybridized carbons (Fsp3) is 0.812. The van der Waals surface area contributed by atoms with Gasteiger partial charge in [-0.2, -0.15) is 5.10 Å². The predicted octanol–water partition coefficient (Wildman–Crippen LogP) is 2.09. The first-order chi connectivity index (χ1) is 10.2. The van der Waals surface area contributed by atoms with E-state index in [-0.39, 0.29) is 0 Å². The van der Waals surface area contributed by atoms with Gasteiger partial charge >= 0.3 is 0 Å². The average molecular weight is 294 g/mol. The van der Waals surface area contributed by atoms with E-state index in [9.17, 15) is 0 Å². The number of aromatic nitrogens is 2. The molecule has 1 saturated heterocycles. The highest BCUT2D eigenvalue weighted by Gasteiger charge is 2.24. The number of nitrogens with zero attached hydrogens (tertiary/aromatic N) is 3. The summed E-state index contributed by atoms with van der Waals surface area (Å²) >= 11 is 0. The summed E-state index contributed by atoms with van der Waals surface area (Å²) in [7, 11) is 3.86. The number of piperidine rings is 1. The van der Waals surface area contributed by atoms with Crippen molar-refractivity contribution in [3.63, 3.8) is 0 Å². The van der Waals surface area contributed by atoms with Crippen LogP contribution in [0.2, 0.25) is 0 Å². The van der Waals surface area contributed by atoms with Gasteiger partial charge in [0.1, 0.15) is 5.82 Å². The summed E-state index contributed by atoms with van der Waals surface area (Å²) in [5.74, 6) is 2.01. The Morgan fingerprint density at radius 1 is 1.33 bits per heavy atom. The largest absolute Gasteiger partial charge is 0.384 e. The van der Waals surface area contributed by atoms with Gasteiger partial charge in [-0.15, -0.1) is 0 Å². The quantitative estimate of drug-likeness (QED) is 0.782. The molecule has 1 fully saturated rings. The van der Waals surface area contributed by atoms with Gasteiger partial charge in [0, 0.05) is 46.0 Å². The van der Waals surface area contributed by atoms with E-state index in [1.165, 1.54) is 24.2 Å². The zero-order chi connectivity index (χ0) is 15.2. The third-order valence-electron chi connectivity index (χ3n) is 4.36. The molecular formula is C16H30N4O. The minimum absolute atomic E-state index is 0.710. The highest BCUT2D eigenvalue weighted by molar-refractivity contribution is 5.50. The molecule has 0 unspecified atom stereocenters. The Kier molecular flexibility index (Phi) is 6.06. The van der Waals surface area contributed by atoms with Crippen molar-refractivity contribution in [1.82, 2.24) is 15.1 Å². The van der Waals surface area contributed by atoms with E-state index in [2.05, 4.69) is 40.9 Å². The molecule has 1 aromatic rings. The Hall–Kier alpha value is -1.07. The van der Waals surface area contributed by atoms with Gasteiger partial charge in [-0.25, -0.2) is 0 Å². The van der Waals surface area contributed by atoms with Crippen LogP contribution in [0.15, 0.2) is 0 Å². The Morgan fingerprint density at radius 3 is 2.67 bits per heavy atom. The fourth-order valence-corrected chi connectivity index (χ4v) is 3.23. The Labute approximate surface area is 128 Å². The highest BCUT2D eigenvalue weighted by atomic mass is 16.5. The number of hydrogen-bond acceptors (Lipinski definition) is 4. The van der Waals surface area contributed by atoms with Crippen molar-refractivity contribution in [3.05, 3.63) is 11.3 Å². The van der Waals surface area contributed by atoms with E-state index < -0.39 is 0 Å². The lowest BCUT2D eigenvalue weighted by atomic mass is 9.97. The minimum Gasteiger partial charge on any atom is -0.384 e.